The van der Waals surface area contributed by atoms with Gasteiger partial charge in [-0.15, -0.1) is 0 Å². The van der Waals surface area contributed by atoms with Crippen molar-refractivity contribution in [3.8, 4) is 5.75 Å². The Labute approximate surface area is 186 Å². The summed E-state index contributed by atoms with van der Waals surface area (Å²) in [5.41, 5.74) is 1.82. The molecule has 31 heavy (non-hydrogen) atoms. The maximum Gasteiger partial charge on any atom is 0.229 e. The number of anilines is 2. The Kier molecular flexibility index (Phi) is 5.59. The number of methoxy groups -OCH3 is 1. The second-order valence-electron chi connectivity index (χ2n) is 7.20. The first-order valence-corrected chi connectivity index (χ1v) is 11.8. The highest BCUT2D eigenvalue weighted by molar-refractivity contribution is 7.92. The number of thiocarbonyl (C=S) groups is 1. The van der Waals surface area contributed by atoms with Crippen molar-refractivity contribution in [1.82, 2.24) is 10.3 Å². The Hall–Kier alpha value is -3.11. The van der Waals surface area contributed by atoms with Crippen molar-refractivity contribution in [2.75, 3.05) is 23.0 Å². The van der Waals surface area contributed by atoms with Gasteiger partial charge in [-0.05, 0) is 61.6 Å². The van der Waals surface area contributed by atoms with Crippen molar-refractivity contribution < 1.29 is 17.6 Å². The summed E-state index contributed by atoms with van der Waals surface area (Å²) in [4.78, 5) is 6.40. The van der Waals surface area contributed by atoms with Gasteiger partial charge in [-0.2, -0.15) is 0 Å². The molecule has 0 bridgehead atoms. The van der Waals surface area contributed by atoms with Gasteiger partial charge in [0.25, 0.3) is 0 Å². The Morgan fingerprint density at radius 2 is 2.03 bits per heavy atom. The molecule has 3 heterocycles. The van der Waals surface area contributed by atoms with Crippen LogP contribution in [-0.2, 0) is 10.0 Å². The number of aromatic nitrogens is 1. The number of hydrogen-bond donors (Lipinski definition) is 2. The average molecular weight is 459 g/mol. The van der Waals surface area contributed by atoms with Crippen LogP contribution in [0.3, 0.4) is 0 Å². The molecule has 0 amide bonds. The van der Waals surface area contributed by atoms with E-state index in [1.54, 1.807) is 18.3 Å². The van der Waals surface area contributed by atoms with Crippen LogP contribution in [0.2, 0.25) is 0 Å². The first kappa shape index (κ1) is 21.1. The third kappa shape index (κ3) is 4.35. The minimum atomic E-state index is -3.51. The Balaban J connectivity index is 1.82. The topological polar surface area (TPSA) is 96.7 Å². The van der Waals surface area contributed by atoms with Crippen molar-refractivity contribution >= 4 is 38.7 Å². The van der Waals surface area contributed by atoms with E-state index in [2.05, 4.69) is 15.0 Å². The van der Waals surface area contributed by atoms with E-state index in [4.69, 9.17) is 21.4 Å². The number of benzene rings is 1. The molecule has 1 saturated heterocycles. The Morgan fingerprint density at radius 3 is 2.65 bits per heavy atom. The highest BCUT2D eigenvalue weighted by Gasteiger charge is 2.42. The van der Waals surface area contributed by atoms with E-state index in [0.717, 1.165) is 17.7 Å². The summed E-state index contributed by atoms with van der Waals surface area (Å²) in [7, 11) is -2.02. The van der Waals surface area contributed by atoms with Crippen molar-refractivity contribution in [3.05, 3.63) is 71.9 Å². The van der Waals surface area contributed by atoms with Gasteiger partial charge in [0.1, 0.15) is 23.3 Å². The molecule has 4 rings (SSSR count). The largest absolute Gasteiger partial charge is 0.495 e. The smallest absolute Gasteiger partial charge is 0.229 e. The Bertz CT molecular complexity index is 1210. The van der Waals surface area contributed by atoms with Gasteiger partial charge in [0.2, 0.25) is 10.0 Å². The number of hydrogen-bond acceptors (Lipinski definition) is 6. The molecule has 1 fully saturated rings. The number of nitrogens with zero attached hydrogens (tertiary/aromatic N) is 2. The standard InChI is InChI=1S/C21H22N4O4S2/c1-13-7-9-18(29-13)20-19(15-6-4-5-11-22-15)23-21(30)25(20)14-8-10-17(28-2)16(12-14)24-31(3,26)27/h4-12,19-20,24H,1-3H3,(H,23,30)/t19-,20+/m0/s1. The quantitative estimate of drug-likeness (QED) is 0.542. The van der Waals surface area contributed by atoms with Crippen molar-refractivity contribution in [1.29, 1.82) is 0 Å². The lowest BCUT2D eigenvalue weighted by Gasteiger charge is -2.27. The Morgan fingerprint density at radius 1 is 1.23 bits per heavy atom. The fourth-order valence-electron chi connectivity index (χ4n) is 3.66. The van der Waals surface area contributed by atoms with Gasteiger partial charge in [-0.1, -0.05) is 6.07 Å². The zero-order valence-corrected chi connectivity index (χ0v) is 18.8. The number of furan rings is 1. The van der Waals surface area contributed by atoms with Crippen LogP contribution in [-0.4, -0.2) is 31.9 Å². The monoisotopic (exact) mass is 458 g/mol. The van der Waals surface area contributed by atoms with Crippen LogP contribution in [0.1, 0.15) is 29.3 Å². The molecular weight excluding hydrogens is 436 g/mol. The molecule has 10 heteroatoms. The molecule has 0 unspecified atom stereocenters. The molecule has 2 aromatic heterocycles. The second kappa shape index (κ2) is 8.20. The molecular formula is C21H22N4O4S2. The molecule has 0 aliphatic carbocycles. The maximum atomic E-state index is 11.8. The lowest BCUT2D eigenvalue weighted by atomic mass is 10.0. The third-order valence-electron chi connectivity index (χ3n) is 4.91. The lowest BCUT2D eigenvalue weighted by Crippen LogP contribution is -2.29. The highest BCUT2D eigenvalue weighted by Crippen LogP contribution is 2.43. The predicted octanol–water partition coefficient (Wildman–Crippen LogP) is 3.54. The van der Waals surface area contributed by atoms with E-state index >= 15 is 0 Å². The van der Waals surface area contributed by atoms with Crippen LogP contribution >= 0.6 is 12.2 Å². The average Bonchev–Trinajstić information content (AvgIpc) is 3.30. The minimum Gasteiger partial charge on any atom is -0.495 e. The van der Waals surface area contributed by atoms with E-state index in [1.807, 2.05) is 48.2 Å². The molecule has 0 radical (unpaired) electrons. The van der Waals surface area contributed by atoms with Crippen LogP contribution in [0.5, 0.6) is 5.75 Å². The van der Waals surface area contributed by atoms with Crippen LogP contribution in [0.4, 0.5) is 11.4 Å². The lowest BCUT2D eigenvalue weighted by molar-refractivity contribution is 0.415. The van der Waals surface area contributed by atoms with Gasteiger partial charge >= 0.3 is 0 Å². The fourth-order valence-corrected chi connectivity index (χ4v) is 4.56. The maximum absolute atomic E-state index is 11.8. The summed E-state index contributed by atoms with van der Waals surface area (Å²) in [6, 6.07) is 14.1. The molecule has 2 N–H and O–H groups in total. The molecule has 0 spiro atoms. The molecule has 0 saturated carbocycles. The summed E-state index contributed by atoms with van der Waals surface area (Å²) >= 11 is 5.67. The fraction of sp³-hybridized carbons (Fsp3) is 0.238. The number of rotatable bonds is 6. The number of sulfonamides is 1. The SMILES string of the molecule is COc1ccc(N2C(=S)N[C@@H](c3ccccn3)[C@H]2c2ccc(C)o2)cc1NS(C)(=O)=O. The van der Waals surface area contributed by atoms with E-state index in [-0.39, 0.29) is 12.1 Å². The first-order valence-electron chi connectivity index (χ1n) is 9.49. The zero-order valence-electron chi connectivity index (χ0n) is 17.2. The number of ether oxygens (including phenoxy) is 1. The van der Waals surface area contributed by atoms with Gasteiger partial charge in [0.15, 0.2) is 5.11 Å². The van der Waals surface area contributed by atoms with Crippen molar-refractivity contribution in [2.24, 2.45) is 0 Å². The molecule has 3 aromatic rings. The van der Waals surface area contributed by atoms with Gasteiger partial charge in [-0.25, -0.2) is 8.42 Å². The van der Waals surface area contributed by atoms with E-state index < -0.39 is 10.0 Å². The van der Waals surface area contributed by atoms with Gasteiger partial charge in [0.05, 0.1) is 30.8 Å². The second-order valence-corrected chi connectivity index (χ2v) is 9.34. The minimum absolute atomic E-state index is 0.257. The van der Waals surface area contributed by atoms with Gasteiger partial charge < -0.3 is 19.4 Å². The third-order valence-corrected chi connectivity index (χ3v) is 5.81. The van der Waals surface area contributed by atoms with E-state index in [9.17, 15) is 8.42 Å². The molecule has 8 nitrogen and oxygen atoms in total. The molecule has 1 aromatic carbocycles. The van der Waals surface area contributed by atoms with E-state index in [1.165, 1.54) is 7.11 Å². The van der Waals surface area contributed by atoms with Crippen LogP contribution in [0, 0.1) is 6.92 Å². The van der Waals surface area contributed by atoms with E-state index in [0.29, 0.717) is 28.0 Å². The summed E-state index contributed by atoms with van der Waals surface area (Å²) in [5.74, 6) is 1.90. The zero-order chi connectivity index (χ0) is 22.2. The molecule has 2 atom stereocenters. The van der Waals surface area contributed by atoms with Gasteiger partial charge in [-0.3, -0.25) is 9.71 Å². The number of aryl methyl sites for hydroxylation is 1. The molecule has 1 aliphatic rings. The predicted molar refractivity (Wildman–Crippen MR) is 123 cm³/mol. The number of nitrogens with one attached hydrogen (secondary N) is 2. The summed E-state index contributed by atoms with van der Waals surface area (Å²) in [6.45, 7) is 1.88. The van der Waals surface area contributed by atoms with Crippen molar-refractivity contribution in [2.45, 2.75) is 19.0 Å². The van der Waals surface area contributed by atoms with Crippen LogP contribution in [0.25, 0.3) is 0 Å². The molecule has 1 aliphatic heterocycles. The summed E-state index contributed by atoms with van der Waals surface area (Å²) < 4.78 is 37.5. The normalized spacial score (nSPS) is 18.7. The van der Waals surface area contributed by atoms with Crippen molar-refractivity contribution in [3.63, 3.8) is 0 Å². The number of pyridine rings is 1. The summed E-state index contributed by atoms with van der Waals surface area (Å²) in [6.07, 6.45) is 2.82. The van der Waals surface area contributed by atoms with Crippen LogP contribution in [0.15, 0.2) is 59.1 Å². The summed E-state index contributed by atoms with van der Waals surface area (Å²) in [5, 5.41) is 3.81. The molecule has 162 valence electrons. The first-order chi connectivity index (χ1) is 14.8. The van der Waals surface area contributed by atoms with Crippen LogP contribution < -0.4 is 19.7 Å². The van der Waals surface area contributed by atoms with Gasteiger partial charge in [0, 0.05) is 11.9 Å². The highest BCUT2D eigenvalue weighted by atomic mass is 32.2.